The van der Waals surface area contributed by atoms with Crippen molar-refractivity contribution in [3.63, 3.8) is 0 Å². The van der Waals surface area contributed by atoms with E-state index in [1.54, 1.807) is 26.2 Å². The average Bonchev–Trinajstić information content (AvgIpc) is 3.10. The van der Waals surface area contributed by atoms with E-state index in [0.717, 1.165) is 33.4 Å². The fraction of sp³-hybridized carbons (Fsp3) is 0.297. The molecule has 4 aromatic rings. The highest BCUT2D eigenvalue weighted by molar-refractivity contribution is 5.77. The van der Waals surface area contributed by atoms with Crippen LogP contribution in [-0.4, -0.2) is 56.2 Å². The van der Waals surface area contributed by atoms with Gasteiger partial charge in [-0.25, -0.2) is 9.59 Å². The van der Waals surface area contributed by atoms with Crippen LogP contribution < -0.4 is 34.7 Å². The summed E-state index contributed by atoms with van der Waals surface area (Å²) < 4.78 is 31.3. The van der Waals surface area contributed by atoms with Gasteiger partial charge in [0.1, 0.15) is 5.75 Å². The normalized spacial score (nSPS) is 18.5. The third kappa shape index (κ3) is 4.88. The Morgan fingerprint density at radius 2 is 1.44 bits per heavy atom. The SMILES string of the molecule is CNC(=O)N1CCc2cc(OC)c3c4c2[C@@H]1Cc1ccc(cc1)Oc1cc(ccc1OC)C[C@H]1c2cc(c(cc2CCN1C(N)=O)O3)O4. The van der Waals surface area contributed by atoms with Crippen LogP contribution in [0.15, 0.2) is 60.7 Å². The number of methoxy groups -OCH3 is 2. The van der Waals surface area contributed by atoms with Crippen LogP contribution in [0.1, 0.15) is 45.5 Å². The van der Waals surface area contributed by atoms with Crippen molar-refractivity contribution in [1.82, 2.24) is 15.1 Å². The second-order valence-electron chi connectivity index (χ2n) is 12.5. The molecule has 5 aliphatic heterocycles. The molecule has 0 fully saturated rings. The molecule has 246 valence electrons. The molecule has 3 N–H and O–H groups in total. The lowest BCUT2D eigenvalue weighted by molar-refractivity contribution is 0.168. The van der Waals surface area contributed by atoms with Gasteiger partial charge in [0.25, 0.3) is 0 Å². The molecule has 48 heavy (non-hydrogen) atoms. The molecule has 4 amide bonds. The van der Waals surface area contributed by atoms with Gasteiger partial charge < -0.3 is 44.5 Å². The number of hydrogen-bond donors (Lipinski definition) is 2. The molecule has 5 heterocycles. The summed E-state index contributed by atoms with van der Waals surface area (Å²) in [6, 6.07) is 18.2. The van der Waals surface area contributed by atoms with E-state index in [2.05, 4.69) is 5.32 Å². The van der Waals surface area contributed by atoms with E-state index in [1.807, 2.05) is 65.6 Å². The average molecular weight is 649 g/mol. The number of nitrogens with two attached hydrogens (primary N) is 1. The first-order valence-electron chi connectivity index (χ1n) is 16.1. The summed E-state index contributed by atoms with van der Waals surface area (Å²) in [6.45, 7) is 0.981. The first kappa shape index (κ1) is 29.8. The molecule has 11 heteroatoms. The highest BCUT2D eigenvalue weighted by atomic mass is 16.6. The van der Waals surface area contributed by atoms with Gasteiger partial charge in [0.15, 0.2) is 34.5 Å². The zero-order valence-corrected chi connectivity index (χ0v) is 27.0. The van der Waals surface area contributed by atoms with E-state index in [1.165, 1.54) is 0 Å². The number of benzene rings is 4. The van der Waals surface area contributed by atoms with Gasteiger partial charge in [-0.05, 0) is 96.0 Å². The minimum Gasteiger partial charge on any atom is -0.493 e. The van der Waals surface area contributed by atoms with Crippen molar-refractivity contribution in [3.05, 3.63) is 94.0 Å². The second-order valence-corrected chi connectivity index (χ2v) is 12.5. The summed E-state index contributed by atoms with van der Waals surface area (Å²) in [6.07, 6.45) is 2.23. The molecule has 0 unspecified atom stereocenters. The molecule has 0 saturated heterocycles. The smallest absolute Gasteiger partial charge is 0.317 e. The zero-order chi connectivity index (χ0) is 33.1. The molecule has 0 spiro atoms. The van der Waals surface area contributed by atoms with Crippen molar-refractivity contribution in [2.24, 2.45) is 5.73 Å². The van der Waals surface area contributed by atoms with Crippen LogP contribution in [-0.2, 0) is 25.7 Å². The Morgan fingerprint density at radius 1 is 0.750 bits per heavy atom. The summed E-state index contributed by atoms with van der Waals surface area (Å²) in [5.74, 6) is 4.44. The number of rotatable bonds is 2. The molecule has 7 bridgehead atoms. The van der Waals surface area contributed by atoms with E-state index in [-0.39, 0.29) is 18.1 Å². The first-order chi connectivity index (χ1) is 23.3. The fourth-order valence-electron chi connectivity index (χ4n) is 7.52. The number of urea groups is 2. The molecule has 0 aliphatic carbocycles. The molecule has 4 aromatic carbocycles. The van der Waals surface area contributed by atoms with Crippen molar-refractivity contribution in [3.8, 4) is 46.0 Å². The van der Waals surface area contributed by atoms with Gasteiger partial charge in [-0.15, -0.1) is 0 Å². The Kier molecular flexibility index (Phi) is 7.19. The van der Waals surface area contributed by atoms with Crippen molar-refractivity contribution in [1.29, 1.82) is 0 Å². The number of carbonyl (C=O) groups excluding carboxylic acids is 2. The maximum atomic E-state index is 13.3. The van der Waals surface area contributed by atoms with Gasteiger partial charge in [0, 0.05) is 25.7 Å². The van der Waals surface area contributed by atoms with Crippen molar-refractivity contribution in [2.45, 2.75) is 37.8 Å². The molecular weight excluding hydrogens is 612 g/mol. The highest BCUT2D eigenvalue weighted by Crippen LogP contribution is 2.57. The standard InChI is InChI=1S/C37H36N4O7/c1-39-37(43)41-13-11-23-18-32(45-3)34-35-33(23)27(41)14-20-4-7-24(8-5-20)46-29-16-21(6-9-28(29)44-2)15-26-25-19-31(48-35)30(47-34)17-22(25)10-12-40(26)36(38)42/h4-9,16-19,26-27H,10-15H2,1-3H3,(H2,38,42)(H,39,43)/t26-,27-/m0/s1. The summed E-state index contributed by atoms with van der Waals surface area (Å²) in [5, 5.41) is 2.82. The van der Waals surface area contributed by atoms with Crippen LogP contribution in [0, 0.1) is 0 Å². The minimum atomic E-state index is -0.492. The van der Waals surface area contributed by atoms with Gasteiger partial charge >= 0.3 is 12.1 Å². The monoisotopic (exact) mass is 648 g/mol. The largest absolute Gasteiger partial charge is 0.493 e. The molecule has 0 aromatic heterocycles. The van der Waals surface area contributed by atoms with Gasteiger partial charge in [0.2, 0.25) is 5.75 Å². The van der Waals surface area contributed by atoms with Crippen LogP contribution in [0.2, 0.25) is 0 Å². The predicted octanol–water partition coefficient (Wildman–Crippen LogP) is 6.41. The first-order valence-corrected chi connectivity index (χ1v) is 16.1. The molecule has 2 atom stereocenters. The Bertz CT molecular complexity index is 1960. The predicted molar refractivity (Wildman–Crippen MR) is 177 cm³/mol. The number of ether oxygens (including phenoxy) is 5. The maximum Gasteiger partial charge on any atom is 0.317 e. The van der Waals surface area contributed by atoms with Crippen molar-refractivity contribution in [2.75, 3.05) is 34.4 Å². The Hall–Kier alpha value is -5.58. The minimum absolute atomic E-state index is 0.176. The highest BCUT2D eigenvalue weighted by Gasteiger charge is 2.40. The zero-order valence-electron chi connectivity index (χ0n) is 27.0. The van der Waals surface area contributed by atoms with Gasteiger partial charge in [0.05, 0.1) is 26.3 Å². The number of nitrogens with one attached hydrogen (secondary N) is 1. The lowest BCUT2D eigenvalue weighted by atomic mass is 9.86. The fourth-order valence-corrected chi connectivity index (χ4v) is 7.52. The Morgan fingerprint density at radius 3 is 2.19 bits per heavy atom. The number of carbonyl (C=O) groups is 2. The van der Waals surface area contributed by atoms with Gasteiger partial charge in [-0.3, -0.25) is 0 Å². The number of nitrogens with zero attached hydrogens (tertiary/aromatic N) is 2. The van der Waals surface area contributed by atoms with E-state index >= 15 is 0 Å². The molecule has 0 radical (unpaired) electrons. The third-order valence-electron chi connectivity index (χ3n) is 9.86. The summed E-state index contributed by atoms with van der Waals surface area (Å²) in [7, 11) is 4.87. The molecule has 5 aliphatic rings. The van der Waals surface area contributed by atoms with Gasteiger partial charge in [-0.2, -0.15) is 0 Å². The number of primary amides is 1. The maximum absolute atomic E-state index is 13.3. The lowest BCUT2D eigenvalue weighted by Gasteiger charge is -2.40. The number of hydrogen-bond acceptors (Lipinski definition) is 7. The molecule has 0 saturated carbocycles. The van der Waals surface area contributed by atoms with E-state index in [9.17, 15) is 9.59 Å². The van der Waals surface area contributed by atoms with Crippen LogP contribution in [0.4, 0.5) is 9.59 Å². The summed E-state index contributed by atoms with van der Waals surface area (Å²) >= 11 is 0. The molecule has 9 rings (SSSR count). The second kappa shape index (κ2) is 11.6. The quantitative estimate of drug-likeness (QED) is 0.227. The van der Waals surface area contributed by atoms with Gasteiger partial charge in [-0.1, -0.05) is 18.2 Å². The van der Waals surface area contributed by atoms with E-state index in [0.29, 0.717) is 84.8 Å². The van der Waals surface area contributed by atoms with Crippen LogP contribution in [0.25, 0.3) is 0 Å². The molecular formula is C37H36N4O7. The van der Waals surface area contributed by atoms with Crippen molar-refractivity contribution < 1.29 is 33.3 Å². The Labute approximate surface area is 278 Å². The Balaban J connectivity index is 1.35. The summed E-state index contributed by atoms with van der Waals surface area (Å²) in [4.78, 5) is 29.7. The molecule has 11 nitrogen and oxygen atoms in total. The lowest BCUT2D eigenvalue weighted by Crippen LogP contribution is -2.45. The summed E-state index contributed by atoms with van der Waals surface area (Å²) in [5.41, 5.74) is 11.8. The van der Waals surface area contributed by atoms with E-state index in [4.69, 9.17) is 29.4 Å². The number of amides is 4. The van der Waals surface area contributed by atoms with Crippen LogP contribution in [0.5, 0.6) is 46.0 Å². The van der Waals surface area contributed by atoms with Crippen LogP contribution in [0.3, 0.4) is 0 Å². The van der Waals surface area contributed by atoms with Crippen LogP contribution >= 0.6 is 0 Å². The van der Waals surface area contributed by atoms with Crippen molar-refractivity contribution >= 4 is 12.1 Å². The number of fused-ring (bicyclic) bond motifs is 2. The topological polar surface area (TPSA) is 125 Å². The third-order valence-corrected chi connectivity index (χ3v) is 9.86. The van der Waals surface area contributed by atoms with E-state index < -0.39 is 6.03 Å².